The van der Waals surface area contributed by atoms with Crippen LogP contribution in [0.25, 0.3) is 11.3 Å². The van der Waals surface area contributed by atoms with Crippen LogP contribution in [-0.4, -0.2) is 26.9 Å². The van der Waals surface area contributed by atoms with E-state index < -0.39 is 6.04 Å². The predicted molar refractivity (Wildman–Crippen MR) is 119 cm³/mol. The van der Waals surface area contributed by atoms with E-state index in [1.165, 1.54) is 4.90 Å². The Hall–Kier alpha value is -4.19. The molecule has 0 saturated carbocycles. The Morgan fingerprint density at radius 3 is 2.09 bits per heavy atom. The Balaban J connectivity index is 1.43. The van der Waals surface area contributed by atoms with E-state index in [0.29, 0.717) is 18.0 Å². The van der Waals surface area contributed by atoms with Crippen LogP contribution in [0.1, 0.15) is 22.9 Å². The van der Waals surface area contributed by atoms with Gasteiger partial charge >= 0.3 is 6.03 Å². The number of urea groups is 1. The SMILES string of the molecule is O=C1C(c2ccccc2)N(Cc2ccccc2)C(=O)N1Cc1cc(-c2ccccc2)no1. The van der Waals surface area contributed by atoms with Gasteiger partial charge in [-0.3, -0.25) is 9.69 Å². The maximum absolute atomic E-state index is 13.4. The standard InChI is InChI=1S/C26H21N3O3/c30-25-24(21-14-8-3-9-15-21)28(17-19-10-4-1-5-11-19)26(31)29(25)18-22-16-23(27-32-22)20-12-6-2-7-13-20/h1-16,24H,17-18H2. The monoisotopic (exact) mass is 423 g/mol. The number of carbonyl (C=O) groups excluding carboxylic acids is 2. The number of rotatable bonds is 6. The second kappa shape index (κ2) is 8.51. The first kappa shape index (κ1) is 19.8. The molecule has 1 aromatic heterocycles. The molecule has 0 N–H and O–H groups in total. The molecule has 1 aliphatic rings. The van der Waals surface area contributed by atoms with Gasteiger partial charge in [-0.2, -0.15) is 0 Å². The van der Waals surface area contributed by atoms with Crippen molar-refractivity contribution in [1.82, 2.24) is 15.0 Å². The van der Waals surface area contributed by atoms with Crippen LogP contribution < -0.4 is 0 Å². The molecule has 32 heavy (non-hydrogen) atoms. The molecule has 158 valence electrons. The molecule has 4 aromatic rings. The number of hydrogen-bond acceptors (Lipinski definition) is 4. The lowest BCUT2D eigenvalue weighted by Gasteiger charge is -2.22. The first-order valence-corrected chi connectivity index (χ1v) is 10.4. The van der Waals surface area contributed by atoms with E-state index in [0.717, 1.165) is 16.7 Å². The van der Waals surface area contributed by atoms with Crippen LogP contribution in [-0.2, 0) is 17.9 Å². The van der Waals surface area contributed by atoms with Gasteiger partial charge in [0.1, 0.15) is 11.7 Å². The van der Waals surface area contributed by atoms with Gasteiger partial charge in [-0.25, -0.2) is 4.79 Å². The van der Waals surface area contributed by atoms with E-state index >= 15 is 0 Å². The Kier molecular flexibility index (Phi) is 5.25. The number of benzene rings is 3. The molecule has 1 atom stereocenters. The molecule has 0 aliphatic carbocycles. The van der Waals surface area contributed by atoms with Gasteiger partial charge in [0.05, 0.1) is 6.54 Å². The maximum atomic E-state index is 13.4. The Morgan fingerprint density at radius 1 is 0.781 bits per heavy atom. The van der Waals surface area contributed by atoms with Crippen molar-refractivity contribution in [3.8, 4) is 11.3 Å². The third-order valence-corrected chi connectivity index (χ3v) is 5.54. The molecule has 1 fully saturated rings. The minimum atomic E-state index is -0.680. The van der Waals surface area contributed by atoms with Crippen molar-refractivity contribution >= 4 is 11.9 Å². The summed E-state index contributed by atoms with van der Waals surface area (Å²) in [6, 6.07) is 29.4. The molecule has 0 bridgehead atoms. The van der Waals surface area contributed by atoms with Crippen molar-refractivity contribution in [3.05, 3.63) is 114 Å². The summed E-state index contributed by atoms with van der Waals surface area (Å²) in [7, 11) is 0. The first-order chi connectivity index (χ1) is 15.7. The average Bonchev–Trinajstić information content (AvgIpc) is 3.40. The summed E-state index contributed by atoms with van der Waals surface area (Å²) in [4.78, 5) is 29.6. The van der Waals surface area contributed by atoms with E-state index in [4.69, 9.17) is 4.52 Å². The highest BCUT2D eigenvalue weighted by molar-refractivity contribution is 6.04. The molecule has 1 aliphatic heterocycles. The van der Waals surface area contributed by atoms with Crippen LogP contribution in [0.3, 0.4) is 0 Å². The molecule has 2 heterocycles. The van der Waals surface area contributed by atoms with Crippen LogP contribution >= 0.6 is 0 Å². The normalized spacial score (nSPS) is 16.1. The van der Waals surface area contributed by atoms with Gasteiger partial charge in [0.25, 0.3) is 5.91 Å². The Morgan fingerprint density at radius 2 is 1.41 bits per heavy atom. The minimum absolute atomic E-state index is 0.0339. The summed E-state index contributed by atoms with van der Waals surface area (Å²) >= 11 is 0. The topological polar surface area (TPSA) is 66.7 Å². The summed E-state index contributed by atoms with van der Waals surface area (Å²) < 4.78 is 5.46. The number of nitrogens with zero attached hydrogens (tertiary/aromatic N) is 3. The average molecular weight is 423 g/mol. The summed E-state index contributed by atoms with van der Waals surface area (Å²) in [5.41, 5.74) is 3.32. The third-order valence-electron chi connectivity index (χ3n) is 5.54. The van der Waals surface area contributed by atoms with E-state index in [2.05, 4.69) is 5.16 Å². The van der Waals surface area contributed by atoms with Crippen LogP contribution in [0, 0.1) is 0 Å². The van der Waals surface area contributed by atoms with Crippen molar-refractivity contribution in [2.75, 3.05) is 0 Å². The minimum Gasteiger partial charge on any atom is -0.359 e. The highest BCUT2D eigenvalue weighted by atomic mass is 16.5. The number of imide groups is 1. The fourth-order valence-corrected chi connectivity index (χ4v) is 3.97. The van der Waals surface area contributed by atoms with E-state index in [1.807, 2.05) is 91.0 Å². The molecule has 3 aromatic carbocycles. The van der Waals surface area contributed by atoms with Gasteiger partial charge in [-0.05, 0) is 11.1 Å². The van der Waals surface area contributed by atoms with Gasteiger partial charge in [-0.1, -0.05) is 96.2 Å². The van der Waals surface area contributed by atoms with E-state index in [-0.39, 0.29) is 18.5 Å². The molecule has 3 amide bonds. The maximum Gasteiger partial charge on any atom is 0.328 e. The second-order valence-corrected chi connectivity index (χ2v) is 7.68. The lowest BCUT2D eigenvalue weighted by Crippen LogP contribution is -2.32. The van der Waals surface area contributed by atoms with Crippen LogP contribution in [0.5, 0.6) is 0 Å². The summed E-state index contributed by atoms with van der Waals surface area (Å²) in [5, 5.41) is 4.10. The summed E-state index contributed by atoms with van der Waals surface area (Å²) in [6.07, 6.45) is 0. The first-order valence-electron chi connectivity index (χ1n) is 10.4. The third kappa shape index (κ3) is 3.78. The number of hydrogen-bond donors (Lipinski definition) is 0. The van der Waals surface area contributed by atoms with E-state index in [1.54, 1.807) is 11.0 Å². The lowest BCUT2D eigenvalue weighted by atomic mass is 10.1. The van der Waals surface area contributed by atoms with Crippen molar-refractivity contribution in [3.63, 3.8) is 0 Å². The summed E-state index contributed by atoms with van der Waals surface area (Å²) in [6.45, 7) is 0.374. The van der Waals surface area contributed by atoms with Gasteiger partial charge in [-0.15, -0.1) is 0 Å². The van der Waals surface area contributed by atoms with Crippen molar-refractivity contribution < 1.29 is 14.1 Å². The molecular weight excluding hydrogens is 402 g/mol. The fraction of sp³-hybridized carbons (Fsp3) is 0.115. The Bertz CT molecular complexity index is 1220. The largest absolute Gasteiger partial charge is 0.359 e. The van der Waals surface area contributed by atoms with Crippen LogP contribution in [0.15, 0.2) is 102 Å². The zero-order valence-corrected chi connectivity index (χ0v) is 17.3. The Labute approximate surface area is 185 Å². The number of carbonyl (C=O) groups is 2. The molecule has 6 heteroatoms. The van der Waals surface area contributed by atoms with Crippen molar-refractivity contribution in [2.45, 2.75) is 19.1 Å². The van der Waals surface area contributed by atoms with Crippen LogP contribution in [0.4, 0.5) is 4.79 Å². The van der Waals surface area contributed by atoms with Gasteiger partial charge in [0, 0.05) is 18.2 Å². The van der Waals surface area contributed by atoms with Crippen molar-refractivity contribution in [2.24, 2.45) is 0 Å². The number of amides is 3. The van der Waals surface area contributed by atoms with Gasteiger partial charge in [0.15, 0.2) is 5.76 Å². The summed E-state index contributed by atoms with van der Waals surface area (Å²) in [5.74, 6) is 0.189. The molecule has 6 nitrogen and oxygen atoms in total. The molecule has 0 spiro atoms. The van der Waals surface area contributed by atoms with Gasteiger partial charge in [0.2, 0.25) is 0 Å². The highest BCUT2D eigenvalue weighted by Crippen LogP contribution is 2.33. The zero-order valence-electron chi connectivity index (χ0n) is 17.3. The van der Waals surface area contributed by atoms with Crippen molar-refractivity contribution in [1.29, 1.82) is 0 Å². The van der Waals surface area contributed by atoms with Gasteiger partial charge < -0.3 is 9.42 Å². The molecule has 5 rings (SSSR count). The lowest BCUT2D eigenvalue weighted by molar-refractivity contribution is -0.129. The zero-order chi connectivity index (χ0) is 21.9. The predicted octanol–water partition coefficient (Wildman–Crippen LogP) is 5.05. The van der Waals surface area contributed by atoms with E-state index in [9.17, 15) is 9.59 Å². The molecule has 1 saturated heterocycles. The van der Waals surface area contributed by atoms with Crippen LogP contribution in [0.2, 0.25) is 0 Å². The fourth-order valence-electron chi connectivity index (χ4n) is 3.97. The molecule has 1 unspecified atom stereocenters. The quantitative estimate of drug-likeness (QED) is 0.407. The number of aromatic nitrogens is 1. The smallest absolute Gasteiger partial charge is 0.328 e. The molecular formula is C26H21N3O3. The highest BCUT2D eigenvalue weighted by Gasteiger charge is 2.46. The second-order valence-electron chi connectivity index (χ2n) is 7.68. The molecule has 0 radical (unpaired) electrons.